The summed E-state index contributed by atoms with van der Waals surface area (Å²) in [5.74, 6) is 0.626. The highest BCUT2D eigenvalue weighted by atomic mass is 32.1. The van der Waals surface area contributed by atoms with E-state index in [1.165, 1.54) is 11.3 Å². The Balaban J connectivity index is 2.21. The Morgan fingerprint density at radius 3 is 2.48 bits per heavy atom. The van der Waals surface area contributed by atoms with E-state index >= 15 is 0 Å². The van der Waals surface area contributed by atoms with Crippen LogP contribution in [0.15, 0.2) is 29.6 Å². The molecule has 1 amide bonds. The molecule has 0 aliphatic heterocycles. The summed E-state index contributed by atoms with van der Waals surface area (Å²) in [7, 11) is 1.62. The molecule has 1 atom stereocenters. The van der Waals surface area contributed by atoms with E-state index in [9.17, 15) is 9.90 Å². The summed E-state index contributed by atoms with van der Waals surface area (Å²) in [4.78, 5) is 18.7. The molecule has 0 radical (unpaired) electrons. The Labute approximate surface area is 140 Å². The molecule has 2 aromatic rings. The van der Waals surface area contributed by atoms with Crippen molar-refractivity contribution in [1.29, 1.82) is 0 Å². The highest BCUT2D eigenvalue weighted by Gasteiger charge is 2.22. The van der Waals surface area contributed by atoms with E-state index in [1.54, 1.807) is 24.3 Å². The predicted molar refractivity (Wildman–Crippen MR) is 92.0 cm³/mol. The Bertz CT molecular complexity index is 650. The quantitative estimate of drug-likeness (QED) is 0.882. The van der Waals surface area contributed by atoms with Gasteiger partial charge < -0.3 is 14.7 Å². The topological polar surface area (TPSA) is 62.7 Å². The molecule has 5 nitrogen and oxygen atoms in total. The molecule has 6 heteroatoms. The summed E-state index contributed by atoms with van der Waals surface area (Å²) < 4.78 is 5.14. The average Bonchev–Trinajstić information content (AvgIpc) is 3.01. The van der Waals surface area contributed by atoms with Gasteiger partial charge in [0.2, 0.25) is 0 Å². The Morgan fingerprint density at radius 2 is 1.96 bits per heavy atom. The van der Waals surface area contributed by atoms with Gasteiger partial charge in [-0.25, -0.2) is 4.98 Å². The molecule has 1 heterocycles. The monoisotopic (exact) mass is 334 g/mol. The van der Waals surface area contributed by atoms with Crippen molar-refractivity contribution in [3.63, 3.8) is 0 Å². The molecule has 1 unspecified atom stereocenters. The first-order valence-electron chi connectivity index (χ1n) is 7.51. The van der Waals surface area contributed by atoms with Gasteiger partial charge in [0.05, 0.1) is 13.2 Å². The molecule has 1 aromatic carbocycles. The highest BCUT2D eigenvalue weighted by molar-refractivity contribution is 7.13. The van der Waals surface area contributed by atoms with Crippen molar-refractivity contribution in [1.82, 2.24) is 9.88 Å². The first kappa shape index (κ1) is 17.4. The van der Waals surface area contributed by atoms with E-state index in [0.29, 0.717) is 12.2 Å². The Morgan fingerprint density at radius 1 is 1.30 bits per heavy atom. The van der Waals surface area contributed by atoms with Crippen molar-refractivity contribution in [2.75, 3.05) is 13.7 Å². The fourth-order valence-electron chi connectivity index (χ4n) is 2.20. The first-order chi connectivity index (χ1) is 10.9. The van der Waals surface area contributed by atoms with Crippen LogP contribution in [-0.4, -0.2) is 46.7 Å². The molecule has 2 rings (SSSR count). The van der Waals surface area contributed by atoms with Crippen molar-refractivity contribution in [2.24, 2.45) is 0 Å². The fourth-order valence-corrected chi connectivity index (χ4v) is 3.00. The third-order valence-corrected chi connectivity index (χ3v) is 4.30. The lowest BCUT2D eigenvalue weighted by atomic mass is 10.2. The van der Waals surface area contributed by atoms with Crippen LogP contribution in [0.25, 0.3) is 10.6 Å². The number of aromatic nitrogens is 1. The third-order valence-electron chi connectivity index (χ3n) is 3.41. The van der Waals surface area contributed by atoms with Crippen LogP contribution in [0.3, 0.4) is 0 Å². The second kappa shape index (κ2) is 7.57. The van der Waals surface area contributed by atoms with Crippen molar-refractivity contribution in [2.45, 2.75) is 32.9 Å². The standard InChI is InChI=1S/C17H22N2O3S/c1-11(2)19(9-12(3)20)17(21)15-10-23-16(18-15)13-5-7-14(22-4)8-6-13/h5-8,10-12,20H,9H2,1-4H3. The lowest BCUT2D eigenvalue weighted by Gasteiger charge is -2.27. The van der Waals surface area contributed by atoms with Gasteiger partial charge in [-0.2, -0.15) is 0 Å². The number of nitrogens with zero attached hydrogens (tertiary/aromatic N) is 2. The van der Waals surface area contributed by atoms with Gasteiger partial charge in [0.15, 0.2) is 0 Å². The highest BCUT2D eigenvalue weighted by Crippen LogP contribution is 2.26. The number of methoxy groups -OCH3 is 1. The van der Waals surface area contributed by atoms with Crippen LogP contribution in [0.5, 0.6) is 5.75 Å². The second-order valence-corrected chi connectivity index (χ2v) is 6.52. The molecule has 0 saturated carbocycles. The zero-order chi connectivity index (χ0) is 17.0. The molecule has 0 spiro atoms. The molecular weight excluding hydrogens is 312 g/mol. The number of ether oxygens (including phenoxy) is 1. The van der Waals surface area contributed by atoms with Crippen molar-refractivity contribution < 1.29 is 14.6 Å². The summed E-state index contributed by atoms with van der Waals surface area (Å²) in [5.41, 5.74) is 1.36. The SMILES string of the molecule is COc1ccc(-c2nc(C(=O)N(CC(C)O)C(C)C)cs2)cc1. The number of rotatable bonds is 6. The van der Waals surface area contributed by atoms with E-state index in [1.807, 2.05) is 38.1 Å². The molecule has 0 saturated heterocycles. The second-order valence-electron chi connectivity index (χ2n) is 5.67. The summed E-state index contributed by atoms with van der Waals surface area (Å²) in [6.45, 7) is 5.83. The smallest absolute Gasteiger partial charge is 0.273 e. The van der Waals surface area contributed by atoms with Gasteiger partial charge in [0.1, 0.15) is 16.5 Å². The van der Waals surface area contributed by atoms with Gasteiger partial charge in [-0.05, 0) is 45.0 Å². The van der Waals surface area contributed by atoms with Crippen molar-refractivity contribution >= 4 is 17.2 Å². The third kappa shape index (κ3) is 4.30. The Kier molecular flexibility index (Phi) is 5.74. The van der Waals surface area contributed by atoms with E-state index in [2.05, 4.69) is 4.98 Å². The summed E-state index contributed by atoms with van der Waals surface area (Å²) in [5, 5.41) is 12.1. The minimum absolute atomic E-state index is 0.00300. The summed E-state index contributed by atoms with van der Waals surface area (Å²) in [6.07, 6.45) is -0.568. The van der Waals surface area contributed by atoms with Gasteiger partial charge in [0, 0.05) is 23.5 Å². The number of hydrogen-bond acceptors (Lipinski definition) is 5. The van der Waals surface area contributed by atoms with Crippen LogP contribution in [-0.2, 0) is 0 Å². The number of carbonyl (C=O) groups excluding carboxylic acids is 1. The molecule has 0 bridgehead atoms. The molecule has 0 aliphatic carbocycles. The van der Waals surface area contributed by atoms with Gasteiger partial charge >= 0.3 is 0 Å². The number of amides is 1. The number of aliphatic hydroxyl groups is 1. The fraction of sp³-hybridized carbons (Fsp3) is 0.412. The predicted octanol–water partition coefficient (Wildman–Crippen LogP) is 3.05. The molecule has 23 heavy (non-hydrogen) atoms. The van der Waals surface area contributed by atoms with Gasteiger partial charge in [-0.15, -0.1) is 11.3 Å². The van der Waals surface area contributed by atoms with Crippen LogP contribution < -0.4 is 4.74 Å². The average molecular weight is 334 g/mol. The maximum atomic E-state index is 12.6. The summed E-state index contributed by atoms with van der Waals surface area (Å²) >= 11 is 1.43. The molecule has 0 fully saturated rings. The first-order valence-corrected chi connectivity index (χ1v) is 8.39. The lowest BCUT2D eigenvalue weighted by molar-refractivity contribution is 0.0574. The van der Waals surface area contributed by atoms with Gasteiger partial charge in [-0.1, -0.05) is 0 Å². The van der Waals surface area contributed by atoms with E-state index in [-0.39, 0.29) is 11.9 Å². The minimum Gasteiger partial charge on any atom is -0.497 e. The number of carbonyl (C=O) groups is 1. The van der Waals surface area contributed by atoms with Crippen LogP contribution in [0.1, 0.15) is 31.3 Å². The van der Waals surface area contributed by atoms with Crippen LogP contribution >= 0.6 is 11.3 Å². The van der Waals surface area contributed by atoms with E-state index in [4.69, 9.17) is 4.74 Å². The van der Waals surface area contributed by atoms with E-state index in [0.717, 1.165) is 16.3 Å². The number of hydrogen-bond donors (Lipinski definition) is 1. The minimum atomic E-state index is -0.568. The maximum absolute atomic E-state index is 12.6. The molecule has 124 valence electrons. The van der Waals surface area contributed by atoms with Crippen LogP contribution in [0.2, 0.25) is 0 Å². The number of aliphatic hydroxyl groups excluding tert-OH is 1. The summed E-state index contributed by atoms with van der Waals surface area (Å²) in [6, 6.07) is 7.57. The number of benzene rings is 1. The zero-order valence-electron chi connectivity index (χ0n) is 13.8. The Hall–Kier alpha value is -1.92. The zero-order valence-corrected chi connectivity index (χ0v) is 14.6. The molecule has 1 N–H and O–H groups in total. The largest absolute Gasteiger partial charge is 0.497 e. The van der Waals surface area contributed by atoms with Gasteiger partial charge in [0.25, 0.3) is 5.91 Å². The molecule has 0 aliphatic rings. The molecular formula is C17H22N2O3S. The van der Waals surface area contributed by atoms with Crippen molar-refractivity contribution in [3.8, 4) is 16.3 Å². The lowest BCUT2D eigenvalue weighted by Crippen LogP contribution is -2.41. The number of thiazole rings is 1. The molecule has 1 aromatic heterocycles. The van der Waals surface area contributed by atoms with Crippen LogP contribution in [0.4, 0.5) is 0 Å². The van der Waals surface area contributed by atoms with Crippen LogP contribution in [0, 0.1) is 0 Å². The van der Waals surface area contributed by atoms with Gasteiger partial charge in [-0.3, -0.25) is 4.79 Å². The van der Waals surface area contributed by atoms with E-state index < -0.39 is 6.10 Å². The maximum Gasteiger partial charge on any atom is 0.273 e. The normalized spacial score (nSPS) is 12.3. The van der Waals surface area contributed by atoms with Crippen molar-refractivity contribution in [3.05, 3.63) is 35.3 Å².